The summed E-state index contributed by atoms with van der Waals surface area (Å²) in [5.41, 5.74) is 2.59. The lowest BCUT2D eigenvalue weighted by molar-refractivity contribution is -0.147. The molecule has 4 rings (SSSR count). The standard InChI is InChI=1S/C23H19NO4/c1-16-6-8-18(9-7-16)23-24-20(14-28-23)13-27-22(25)15-26-21-11-10-17-4-2-3-5-19(17)12-21/h2-12,14H,13,15H2,1H3. The number of hydrogen-bond donors (Lipinski definition) is 0. The van der Waals surface area contributed by atoms with Gasteiger partial charge in [0.2, 0.25) is 5.89 Å². The minimum Gasteiger partial charge on any atom is -0.482 e. The maximum Gasteiger partial charge on any atom is 0.344 e. The third-order valence-electron chi connectivity index (χ3n) is 4.31. The van der Waals surface area contributed by atoms with Crippen LogP contribution in [-0.2, 0) is 16.1 Å². The molecule has 140 valence electrons. The van der Waals surface area contributed by atoms with Crippen molar-refractivity contribution in [3.05, 3.63) is 84.3 Å². The van der Waals surface area contributed by atoms with Crippen LogP contribution in [-0.4, -0.2) is 17.6 Å². The van der Waals surface area contributed by atoms with E-state index >= 15 is 0 Å². The summed E-state index contributed by atoms with van der Waals surface area (Å²) in [5.74, 6) is 0.658. The summed E-state index contributed by atoms with van der Waals surface area (Å²) in [7, 11) is 0. The van der Waals surface area contributed by atoms with E-state index in [2.05, 4.69) is 4.98 Å². The molecule has 1 heterocycles. The maximum atomic E-state index is 12.0. The number of ether oxygens (including phenoxy) is 2. The molecule has 0 unspecified atom stereocenters. The molecule has 0 saturated heterocycles. The Morgan fingerprint density at radius 2 is 1.79 bits per heavy atom. The van der Waals surface area contributed by atoms with Gasteiger partial charge in [0, 0.05) is 5.56 Å². The molecular weight excluding hydrogens is 354 g/mol. The van der Waals surface area contributed by atoms with Crippen LogP contribution in [0.1, 0.15) is 11.3 Å². The molecule has 4 aromatic rings. The molecule has 5 nitrogen and oxygen atoms in total. The Kier molecular flexibility index (Phi) is 5.06. The van der Waals surface area contributed by atoms with Crippen LogP contribution < -0.4 is 4.74 Å². The Bertz CT molecular complexity index is 1100. The summed E-state index contributed by atoms with van der Waals surface area (Å²) in [5, 5.41) is 2.17. The highest BCUT2D eigenvalue weighted by atomic mass is 16.6. The zero-order chi connectivity index (χ0) is 19.3. The Hall–Kier alpha value is -3.60. The molecule has 0 bridgehead atoms. The van der Waals surface area contributed by atoms with Crippen LogP contribution in [0.4, 0.5) is 0 Å². The molecule has 0 saturated carbocycles. The highest BCUT2D eigenvalue weighted by molar-refractivity contribution is 5.83. The van der Waals surface area contributed by atoms with Gasteiger partial charge in [0.05, 0.1) is 0 Å². The maximum absolute atomic E-state index is 12.0. The molecule has 28 heavy (non-hydrogen) atoms. The first-order chi connectivity index (χ1) is 13.7. The summed E-state index contributed by atoms with van der Waals surface area (Å²) in [4.78, 5) is 16.3. The van der Waals surface area contributed by atoms with Gasteiger partial charge in [0.15, 0.2) is 6.61 Å². The second-order valence-electron chi connectivity index (χ2n) is 6.47. The Morgan fingerprint density at radius 1 is 1.00 bits per heavy atom. The zero-order valence-electron chi connectivity index (χ0n) is 15.4. The number of aryl methyl sites for hydroxylation is 1. The van der Waals surface area contributed by atoms with Crippen molar-refractivity contribution in [2.75, 3.05) is 6.61 Å². The first-order valence-corrected chi connectivity index (χ1v) is 8.96. The predicted molar refractivity (Wildman–Crippen MR) is 106 cm³/mol. The molecule has 0 aliphatic heterocycles. The first kappa shape index (κ1) is 17.8. The first-order valence-electron chi connectivity index (χ1n) is 8.96. The molecular formula is C23H19NO4. The van der Waals surface area contributed by atoms with E-state index in [0.717, 1.165) is 21.9 Å². The minimum atomic E-state index is -0.465. The van der Waals surface area contributed by atoms with Crippen molar-refractivity contribution >= 4 is 16.7 Å². The van der Waals surface area contributed by atoms with Crippen molar-refractivity contribution < 1.29 is 18.7 Å². The van der Waals surface area contributed by atoms with Gasteiger partial charge in [-0.05, 0) is 42.0 Å². The van der Waals surface area contributed by atoms with E-state index in [1.54, 1.807) is 0 Å². The second kappa shape index (κ2) is 7.96. The van der Waals surface area contributed by atoms with E-state index < -0.39 is 5.97 Å². The van der Waals surface area contributed by atoms with E-state index in [0.29, 0.717) is 17.3 Å². The SMILES string of the molecule is Cc1ccc(-c2nc(COC(=O)COc3ccc4ccccc4c3)co2)cc1. The highest BCUT2D eigenvalue weighted by Gasteiger charge is 2.10. The topological polar surface area (TPSA) is 61.6 Å². The lowest BCUT2D eigenvalue weighted by atomic mass is 10.1. The van der Waals surface area contributed by atoms with Gasteiger partial charge >= 0.3 is 5.97 Å². The fourth-order valence-corrected chi connectivity index (χ4v) is 2.80. The molecule has 3 aromatic carbocycles. The van der Waals surface area contributed by atoms with Crippen LogP contribution in [0.3, 0.4) is 0 Å². The van der Waals surface area contributed by atoms with Crippen molar-refractivity contribution in [3.63, 3.8) is 0 Å². The van der Waals surface area contributed by atoms with Crippen molar-refractivity contribution in [1.29, 1.82) is 0 Å². The molecule has 0 N–H and O–H groups in total. The third kappa shape index (κ3) is 4.20. The van der Waals surface area contributed by atoms with Gasteiger partial charge in [-0.25, -0.2) is 9.78 Å². The minimum absolute atomic E-state index is 0.0370. The van der Waals surface area contributed by atoms with Crippen molar-refractivity contribution in [2.24, 2.45) is 0 Å². The van der Waals surface area contributed by atoms with Gasteiger partial charge in [0.1, 0.15) is 24.3 Å². The fraction of sp³-hybridized carbons (Fsp3) is 0.130. The van der Waals surface area contributed by atoms with Gasteiger partial charge in [-0.3, -0.25) is 0 Å². The quantitative estimate of drug-likeness (QED) is 0.449. The van der Waals surface area contributed by atoms with E-state index in [-0.39, 0.29) is 13.2 Å². The summed E-state index contributed by atoms with van der Waals surface area (Å²) >= 11 is 0. The lowest BCUT2D eigenvalue weighted by Gasteiger charge is -2.07. The monoisotopic (exact) mass is 373 g/mol. The second-order valence-corrected chi connectivity index (χ2v) is 6.47. The molecule has 0 spiro atoms. The van der Waals surface area contributed by atoms with Gasteiger partial charge in [-0.1, -0.05) is 48.0 Å². The van der Waals surface area contributed by atoms with Crippen molar-refractivity contribution in [1.82, 2.24) is 4.98 Å². The summed E-state index contributed by atoms with van der Waals surface area (Å²) in [6, 6.07) is 21.5. The predicted octanol–water partition coefficient (Wildman–Crippen LogP) is 4.93. The average Bonchev–Trinajstić information content (AvgIpc) is 3.20. The number of carbonyl (C=O) groups is 1. The molecule has 1 aromatic heterocycles. The Labute approximate surface area is 162 Å². The molecule has 0 aliphatic carbocycles. The molecule has 5 heteroatoms. The molecule has 0 aliphatic rings. The smallest absolute Gasteiger partial charge is 0.344 e. The van der Waals surface area contributed by atoms with Crippen LogP contribution in [0.5, 0.6) is 5.75 Å². The van der Waals surface area contributed by atoms with E-state index in [1.807, 2.05) is 73.7 Å². The number of nitrogens with zero attached hydrogens (tertiary/aromatic N) is 1. The molecule has 0 radical (unpaired) electrons. The Morgan fingerprint density at radius 3 is 2.61 bits per heavy atom. The number of aromatic nitrogens is 1. The third-order valence-corrected chi connectivity index (χ3v) is 4.31. The average molecular weight is 373 g/mol. The number of benzene rings is 3. The van der Waals surface area contributed by atoms with Crippen LogP contribution in [0.15, 0.2) is 77.4 Å². The van der Waals surface area contributed by atoms with Gasteiger partial charge in [-0.2, -0.15) is 0 Å². The lowest BCUT2D eigenvalue weighted by Crippen LogP contribution is -2.14. The van der Waals surface area contributed by atoms with Crippen LogP contribution >= 0.6 is 0 Å². The molecule has 0 atom stereocenters. The summed E-state index contributed by atoms with van der Waals surface area (Å²) in [6.45, 7) is 1.89. The number of esters is 1. The van der Waals surface area contributed by atoms with Crippen LogP contribution in [0.25, 0.3) is 22.2 Å². The van der Waals surface area contributed by atoms with Gasteiger partial charge in [0.25, 0.3) is 0 Å². The number of fused-ring (bicyclic) bond motifs is 1. The fourth-order valence-electron chi connectivity index (χ4n) is 2.80. The number of carbonyl (C=O) groups excluding carboxylic acids is 1. The van der Waals surface area contributed by atoms with Gasteiger partial charge in [-0.15, -0.1) is 0 Å². The van der Waals surface area contributed by atoms with E-state index in [1.165, 1.54) is 6.26 Å². The van der Waals surface area contributed by atoms with E-state index in [4.69, 9.17) is 13.9 Å². The largest absolute Gasteiger partial charge is 0.482 e. The number of hydrogen-bond acceptors (Lipinski definition) is 5. The summed E-state index contributed by atoms with van der Waals surface area (Å²) in [6.07, 6.45) is 1.49. The van der Waals surface area contributed by atoms with Crippen LogP contribution in [0.2, 0.25) is 0 Å². The molecule has 0 amide bonds. The van der Waals surface area contributed by atoms with Gasteiger partial charge < -0.3 is 13.9 Å². The zero-order valence-corrected chi connectivity index (χ0v) is 15.4. The molecule has 0 fully saturated rings. The number of rotatable bonds is 6. The Balaban J connectivity index is 1.30. The van der Waals surface area contributed by atoms with Crippen LogP contribution in [0, 0.1) is 6.92 Å². The summed E-state index contributed by atoms with van der Waals surface area (Å²) < 4.78 is 16.2. The van der Waals surface area contributed by atoms with Crippen molar-refractivity contribution in [3.8, 4) is 17.2 Å². The highest BCUT2D eigenvalue weighted by Crippen LogP contribution is 2.21. The normalized spacial score (nSPS) is 10.8. The van der Waals surface area contributed by atoms with Crippen molar-refractivity contribution in [2.45, 2.75) is 13.5 Å². The number of oxazole rings is 1. The van der Waals surface area contributed by atoms with E-state index in [9.17, 15) is 4.79 Å².